The summed E-state index contributed by atoms with van der Waals surface area (Å²) in [5.74, 6) is -0.774. The number of hydrogen-bond donors (Lipinski definition) is 1. The number of carbonyl (C=O) groups is 2. The Kier molecular flexibility index (Phi) is 8.58. The summed E-state index contributed by atoms with van der Waals surface area (Å²) in [5, 5.41) is 3.22. The number of carbonyl (C=O) groups excluding carboxylic acids is 2. The molecule has 0 saturated carbocycles. The predicted molar refractivity (Wildman–Crippen MR) is 127 cm³/mol. The van der Waals surface area contributed by atoms with Crippen LogP contribution in [0.15, 0.2) is 65.3 Å². The molecule has 1 N–H and O–H groups in total. The van der Waals surface area contributed by atoms with Crippen LogP contribution < -0.4 is 10.2 Å². The Morgan fingerprint density at radius 3 is 2.59 bits per heavy atom. The van der Waals surface area contributed by atoms with Crippen molar-refractivity contribution in [2.75, 3.05) is 23.8 Å². The van der Waals surface area contributed by atoms with Crippen molar-refractivity contribution >= 4 is 40.5 Å². The number of nitrogens with zero attached hydrogens (tertiary/aromatic N) is 2. The van der Waals surface area contributed by atoms with Gasteiger partial charge in [0.05, 0.1) is 17.5 Å². The van der Waals surface area contributed by atoms with Crippen molar-refractivity contribution in [3.8, 4) is 0 Å². The number of thioether (sulfide) groups is 1. The highest BCUT2D eigenvalue weighted by Gasteiger charge is 2.32. The first-order chi connectivity index (χ1) is 15.4. The van der Waals surface area contributed by atoms with E-state index in [0.717, 1.165) is 23.7 Å². The number of hydrogen-bond acceptors (Lipinski definition) is 5. The third kappa shape index (κ3) is 6.77. The van der Waals surface area contributed by atoms with Gasteiger partial charge in [-0.1, -0.05) is 42.1 Å². The molecule has 32 heavy (non-hydrogen) atoms. The van der Waals surface area contributed by atoms with Gasteiger partial charge in [0, 0.05) is 13.2 Å². The number of aliphatic imine (C=N–C) groups is 1. The first-order valence-electron chi connectivity index (χ1n) is 10.4. The van der Waals surface area contributed by atoms with Crippen molar-refractivity contribution in [1.82, 2.24) is 5.32 Å². The van der Waals surface area contributed by atoms with E-state index >= 15 is 0 Å². The van der Waals surface area contributed by atoms with Crippen molar-refractivity contribution in [1.29, 1.82) is 0 Å². The van der Waals surface area contributed by atoms with E-state index in [0.29, 0.717) is 24.0 Å². The van der Waals surface area contributed by atoms with E-state index in [-0.39, 0.29) is 29.4 Å². The predicted octanol–water partition coefficient (Wildman–Crippen LogP) is 4.23. The van der Waals surface area contributed by atoms with Gasteiger partial charge in [0.25, 0.3) is 5.91 Å². The van der Waals surface area contributed by atoms with Crippen molar-refractivity contribution in [3.05, 3.63) is 71.7 Å². The second-order valence-electron chi connectivity index (χ2n) is 7.36. The Balaban J connectivity index is 1.69. The second-order valence-corrected chi connectivity index (χ2v) is 8.31. The van der Waals surface area contributed by atoms with Gasteiger partial charge in [-0.15, -0.1) is 0 Å². The molecule has 8 heteroatoms. The minimum absolute atomic E-state index is 0.105. The lowest BCUT2D eigenvalue weighted by atomic mass is 10.2. The third-order valence-corrected chi connectivity index (χ3v) is 5.38. The molecule has 1 heterocycles. The zero-order chi connectivity index (χ0) is 22.9. The Morgan fingerprint density at radius 2 is 1.91 bits per heavy atom. The number of amidine groups is 1. The summed E-state index contributed by atoms with van der Waals surface area (Å²) in [6, 6.07) is 15.0. The highest BCUT2D eigenvalue weighted by molar-refractivity contribution is 8.14. The zero-order valence-electron chi connectivity index (χ0n) is 18.1. The summed E-state index contributed by atoms with van der Waals surface area (Å²) < 4.78 is 18.8. The number of ether oxygens (including phenoxy) is 1. The molecule has 1 aliphatic heterocycles. The summed E-state index contributed by atoms with van der Waals surface area (Å²) in [6.45, 7) is 5.02. The van der Waals surface area contributed by atoms with Crippen molar-refractivity contribution < 1.29 is 18.7 Å². The molecule has 1 aliphatic rings. The lowest BCUT2D eigenvalue weighted by Gasteiger charge is -2.17. The fourth-order valence-electron chi connectivity index (χ4n) is 2.92. The van der Waals surface area contributed by atoms with Gasteiger partial charge in [-0.25, -0.2) is 9.38 Å². The van der Waals surface area contributed by atoms with Crippen LogP contribution in [0.1, 0.15) is 25.8 Å². The number of benzene rings is 2. The summed E-state index contributed by atoms with van der Waals surface area (Å²) in [6.07, 6.45) is 2.58. The van der Waals surface area contributed by atoms with E-state index < -0.39 is 5.82 Å². The van der Waals surface area contributed by atoms with Crippen LogP contribution >= 0.6 is 11.8 Å². The molecule has 0 radical (unpaired) electrons. The molecule has 0 fully saturated rings. The van der Waals surface area contributed by atoms with E-state index in [4.69, 9.17) is 4.74 Å². The minimum atomic E-state index is -0.396. The molecular weight excluding hydrogens is 429 g/mol. The van der Waals surface area contributed by atoms with Gasteiger partial charge >= 0.3 is 0 Å². The maximum Gasteiger partial charge on any atom is 0.283 e. The Bertz CT molecular complexity index is 991. The zero-order valence-corrected chi connectivity index (χ0v) is 18.9. The molecule has 0 bridgehead atoms. The van der Waals surface area contributed by atoms with E-state index in [1.54, 1.807) is 6.08 Å². The minimum Gasteiger partial charge on any atom is -0.379 e. The summed E-state index contributed by atoms with van der Waals surface area (Å²) in [4.78, 5) is 31.2. The van der Waals surface area contributed by atoms with Crippen LogP contribution in [-0.2, 0) is 14.3 Å². The van der Waals surface area contributed by atoms with Crippen LogP contribution in [0.4, 0.5) is 10.1 Å². The van der Waals surface area contributed by atoms with Gasteiger partial charge in [-0.2, -0.15) is 0 Å². The van der Waals surface area contributed by atoms with Gasteiger partial charge in [-0.05, 0) is 56.2 Å². The van der Waals surface area contributed by atoms with Crippen LogP contribution in [-0.4, -0.2) is 42.0 Å². The smallest absolute Gasteiger partial charge is 0.283 e. The largest absolute Gasteiger partial charge is 0.379 e. The van der Waals surface area contributed by atoms with E-state index in [9.17, 15) is 14.0 Å². The third-order valence-electron chi connectivity index (χ3n) is 4.44. The van der Waals surface area contributed by atoms with Gasteiger partial charge < -0.3 is 10.1 Å². The Morgan fingerprint density at radius 1 is 1.19 bits per heavy atom. The number of amides is 2. The quantitative estimate of drug-likeness (QED) is 0.454. The SMILES string of the molecule is CC(C)OCCCNC(=O)CSC1=N/C(=C\c2ccccc2)C(=O)N1c1ccc(F)cc1. The fraction of sp³-hybridized carbons (Fsp3) is 0.292. The van der Waals surface area contributed by atoms with Crippen molar-refractivity contribution in [2.24, 2.45) is 4.99 Å². The van der Waals surface area contributed by atoms with Crippen molar-refractivity contribution in [3.63, 3.8) is 0 Å². The monoisotopic (exact) mass is 455 g/mol. The van der Waals surface area contributed by atoms with Crippen LogP contribution in [0.25, 0.3) is 6.08 Å². The second kappa shape index (κ2) is 11.6. The van der Waals surface area contributed by atoms with Crippen LogP contribution in [0.5, 0.6) is 0 Å². The molecule has 0 aromatic heterocycles. The average Bonchev–Trinajstić information content (AvgIpc) is 3.08. The van der Waals surface area contributed by atoms with Crippen LogP contribution in [0.2, 0.25) is 0 Å². The van der Waals surface area contributed by atoms with Gasteiger partial charge in [0.2, 0.25) is 5.91 Å². The van der Waals surface area contributed by atoms with Gasteiger partial charge in [-0.3, -0.25) is 14.5 Å². The fourth-order valence-corrected chi connectivity index (χ4v) is 3.76. The molecular formula is C24H26FN3O3S. The Hall–Kier alpha value is -2.97. The summed E-state index contributed by atoms with van der Waals surface area (Å²) >= 11 is 1.16. The molecule has 168 valence electrons. The molecule has 0 aliphatic carbocycles. The van der Waals surface area contributed by atoms with E-state index in [2.05, 4.69) is 10.3 Å². The molecule has 6 nitrogen and oxygen atoms in total. The van der Waals surface area contributed by atoms with Gasteiger partial charge in [0.15, 0.2) is 5.17 Å². The summed E-state index contributed by atoms with van der Waals surface area (Å²) in [5.41, 5.74) is 1.59. The maximum absolute atomic E-state index is 13.4. The highest BCUT2D eigenvalue weighted by atomic mass is 32.2. The molecule has 0 unspecified atom stereocenters. The highest BCUT2D eigenvalue weighted by Crippen LogP contribution is 2.29. The molecule has 2 amide bonds. The lowest BCUT2D eigenvalue weighted by molar-refractivity contribution is -0.118. The van der Waals surface area contributed by atoms with E-state index in [1.807, 2.05) is 44.2 Å². The van der Waals surface area contributed by atoms with Gasteiger partial charge in [0.1, 0.15) is 11.5 Å². The molecule has 0 atom stereocenters. The number of anilines is 1. The summed E-state index contributed by atoms with van der Waals surface area (Å²) in [7, 11) is 0. The number of nitrogens with one attached hydrogen (secondary N) is 1. The molecule has 3 rings (SSSR count). The van der Waals surface area contributed by atoms with Crippen LogP contribution in [0.3, 0.4) is 0 Å². The maximum atomic E-state index is 13.4. The topological polar surface area (TPSA) is 71.0 Å². The Labute approximate surface area is 191 Å². The van der Waals surface area contributed by atoms with E-state index in [1.165, 1.54) is 29.2 Å². The number of rotatable bonds is 9. The molecule has 2 aromatic rings. The normalized spacial score (nSPS) is 14.9. The molecule has 2 aromatic carbocycles. The molecule has 0 saturated heterocycles. The first-order valence-corrected chi connectivity index (χ1v) is 11.4. The number of halogens is 1. The standard InChI is InChI=1S/C24H26FN3O3S/c1-17(2)31-14-6-13-26-22(29)16-32-24-27-21(15-18-7-4-3-5-8-18)23(30)28(24)20-11-9-19(25)10-12-20/h3-5,7-12,15,17H,6,13-14,16H2,1-2H3,(H,26,29)/b21-15-. The van der Waals surface area contributed by atoms with Crippen molar-refractivity contribution in [2.45, 2.75) is 26.4 Å². The first kappa shape index (κ1) is 23.7. The lowest BCUT2D eigenvalue weighted by Crippen LogP contribution is -2.32. The van der Waals surface area contributed by atoms with Crippen LogP contribution in [0, 0.1) is 5.82 Å². The average molecular weight is 456 g/mol. The molecule has 0 spiro atoms.